The van der Waals surface area contributed by atoms with Crippen LogP contribution in [0.1, 0.15) is 25.8 Å². The van der Waals surface area contributed by atoms with E-state index in [9.17, 15) is 8.78 Å². The average Bonchev–Trinajstić information content (AvgIpc) is 2.60. The van der Waals surface area contributed by atoms with Crippen molar-refractivity contribution in [2.45, 2.75) is 26.7 Å². The zero-order valence-corrected chi connectivity index (χ0v) is 13.9. The first-order valence-corrected chi connectivity index (χ1v) is 8.28. The van der Waals surface area contributed by atoms with Crippen molar-refractivity contribution in [3.05, 3.63) is 65.7 Å². The Hall–Kier alpha value is -2.42. The highest BCUT2D eigenvalue weighted by Crippen LogP contribution is 2.30. The van der Waals surface area contributed by atoms with Gasteiger partial charge in [-0.2, -0.15) is 0 Å². The molecule has 0 heterocycles. The molecule has 0 bridgehead atoms. The summed E-state index contributed by atoms with van der Waals surface area (Å²) in [6, 6.07) is 14.8. The maximum atomic E-state index is 14.4. The van der Waals surface area contributed by atoms with Gasteiger partial charge in [-0.25, -0.2) is 8.78 Å². The lowest BCUT2D eigenvalue weighted by Crippen LogP contribution is -1.96. The summed E-state index contributed by atoms with van der Waals surface area (Å²) in [6.45, 7) is 4.50. The molecular weight excluding hydrogens is 306 g/mol. The lowest BCUT2D eigenvalue weighted by atomic mass is 9.98. The van der Waals surface area contributed by atoms with Crippen LogP contribution < -0.4 is 4.74 Å². The Labute approximate surface area is 140 Å². The average molecular weight is 326 g/mol. The van der Waals surface area contributed by atoms with Crippen LogP contribution in [0, 0.1) is 11.6 Å². The predicted molar refractivity (Wildman–Crippen MR) is 94.5 cm³/mol. The van der Waals surface area contributed by atoms with Crippen LogP contribution in [-0.4, -0.2) is 6.61 Å². The quantitative estimate of drug-likeness (QED) is 0.547. The maximum Gasteiger partial charge on any atom is 0.166 e. The molecule has 3 aromatic rings. The van der Waals surface area contributed by atoms with E-state index in [2.05, 4.69) is 0 Å². The topological polar surface area (TPSA) is 9.23 Å². The number of benzene rings is 3. The molecule has 0 unspecified atom stereocenters. The van der Waals surface area contributed by atoms with Crippen LogP contribution in [0.2, 0.25) is 0 Å². The maximum absolute atomic E-state index is 14.4. The van der Waals surface area contributed by atoms with E-state index < -0.39 is 11.6 Å². The Morgan fingerprint density at radius 1 is 0.833 bits per heavy atom. The molecule has 0 radical (unpaired) electrons. The molecule has 1 nitrogen and oxygen atoms in total. The Bertz CT molecular complexity index is 854. The number of rotatable bonds is 5. The van der Waals surface area contributed by atoms with Crippen molar-refractivity contribution >= 4 is 10.8 Å². The monoisotopic (exact) mass is 326 g/mol. The summed E-state index contributed by atoms with van der Waals surface area (Å²) in [4.78, 5) is 0. The smallest absolute Gasteiger partial charge is 0.166 e. The molecule has 0 saturated carbocycles. The van der Waals surface area contributed by atoms with Gasteiger partial charge in [0.25, 0.3) is 0 Å². The normalized spacial score (nSPS) is 11.0. The molecule has 0 aliphatic carbocycles. The van der Waals surface area contributed by atoms with E-state index >= 15 is 0 Å². The highest BCUT2D eigenvalue weighted by atomic mass is 19.2. The summed E-state index contributed by atoms with van der Waals surface area (Å²) < 4.78 is 34.1. The fourth-order valence-electron chi connectivity index (χ4n) is 2.92. The molecule has 0 amide bonds. The van der Waals surface area contributed by atoms with Crippen molar-refractivity contribution in [1.29, 1.82) is 0 Å². The second-order valence-electron chi connectivity index (χ2n) is 5.81. The molecule has 3 rings (SSSR count). The molecule has 0 atom stereocenters. The van der Waals surface area contributed by atoms with E-state index in [1.165, 1.54) is 0 Å². The van der Waals surface area contributed by atoms with Gasteiger partial charge in [0.05, 0.1) is 6.61 Å². The molecule has 0 aromatic heterocycles. The molecule has 0 saturated heterocycles. The third kappa shape index (κ3) is 3.12. The number of ether oxygens (including phenoxy) is 1. The van der Waals surface area contributed by atoms with Crippen molar-refractivity contribution in [3.8, 4) is 16.9 Å². The van der Waals surface area contributed by atoms with Gasteiger partial charge in [0, 0.05) is 5.39 Å². The molecule has 0 fully saturated rings. The minimum absolute atomic E-state index is 0.318. The predicted octanol–water partition coefficient (Wildman–Crippen LogP) is 6.14. The molecule has 3 heteroatoms. The summed E-state index contributed by atoms with van der Waals surface area (Å²) in [5.41, 5.74) is 2.24. The first-order valence-electron chi connectivity index (χ1n) is 8.28. The van der Waals surface area contributed by atoms with E-state index in [1.807, 2.05) is 50.2 Å². The van der Waals surface area contributed by atoms with Crippen LogP contribution in [0.25, 0.3) is 21.9 Å². The molecular formula is C21H20F2O. The van der Waals surface area contributed by atoms with Crippen LogP contribution in [0.3, 0.4) is 0 Å². The number of hydrogen-bond acceptors (Lipinski definition) is 1. The van der Waals surface area contributed by atoms with Crippen molar-refractivity contribution in [2.24, 2.45) is 0 Å². The first-order chi connectivity index (χ1) is 11.6. The molecule has 0 N–H and O–H groups in total. The van der Waals surface area contributed by atoms with E-state index in [0.29, 0.717) is 24.0 Å². The number of hydrogen-bond donors (Lipinski definition) is 0. The molecule has 124 valence electrons. The second kappa shape index (κ2) is 7.00. The van der Waals surface area contributed by atoms with Gasteiger partial charge >= 0.3 is 0 Å². The van der Waals surface area contributed by atoms with Crippen LogP contribution in [-0.2, 0) is 6.42 Å². The minimum atomic E-state index is -0.760. The Balaban J connectivity index is 2.04. The highest BCUT2D eigenvalue weighted by molar-refractivity contribution is 5.88. The lowest BCUT2D eigenvalue weighted by Gasteiger charge is -2.10. The summed E-state index contributed by atoms with van der Waals surface area (Å²) >= 11 is 0. The zero-order chi connectivity index (χ0) is 17.1. The van der Waals surface area contributed by atoms with E-state index in [1.54, 1.807) is 12.1 Å². The van der Waals surface area contributed by atoms with Crippen molar-refractivity contribution < 1.29 is 13.5 Å². The van der Waals surface area contributed by atoms with E-state index in [-0.39, 0.29) is 0 Å². The second-order valence-corrected chi connectivity index (χ2v) is 5.81. The van der Waals surface area contributed by atoms with Crippen LogP contribution in [0.15, 0.2) is 48.5 Å². The van der Waals surface area contributed by atoms with Crippen molar-refractivity contribution in [1.82, 2.24) is 0 Å². The van der Waals surface area contributed by atoms with Gasteiger partial charge in [0.15, 0.2) is 11.6 Å². The summed E-state index contributed by atoms with van der Waals surface area (Å²) in [5.74, 6) is -0.694. The van der Waals surface area contributed by atoms with Gasteiger partial charge in [0.2, 0.25) is 0 Å². The summed E-state index contributed by atoms with van der Waals surface area (Å²) in [7, 11) is 0. The fourth-order valence-corrected chi connectivity index (χ4v) is 2.92. The SMILES string of the molecule is CCCc1cc2ccc(-c3ccc(OCC)cc3)cc2c(F)c1F. The Morgan fingerprint density at radius 3 is 2.21 bits per heavy atom. The lowest BCUT2D eigenvalue weighted by molar-refractivity contribution is 0.340. The van der Waals surface area contributed by atoms with Crippen LogP contribution in [0.4, 0.5) is 8.78 Å². The summed E-state index contributed by atoms with van der Waals surface area (Å²) in [6.07, 6.45) is 1.32. The van der Waals surface area contributed by atoms with Crippen LogP contribution in [0.5, 0.6) is 5.75 Å². The van der Waals surface area contributed by atoms with Crippen molar-refractivity contribution in [2.75, 3.05) is 6.61 Å². The minimum Gasteiger partial charge on any atom is -0.494 e. The van der Waals surface area contributed by atoms with Gasteiger partial charge in [-0.05, 0) is 59.7 Å². The number of fused-ring (bicyclic) bond motifs is 1. The van der Waals surface area contributed by atoms with Gasteiger partial charge in [-0.1, -0.05) is 37.6 Å². The first kappa shape index (κ1) is 16.4. The number of aryl methyl sites for hydroxylation is 1. The molecule has 0 aliphatic rings. The fraction of sp³-hybridized carbons (Fsp3) is 0.238. The van der Waals surface area contributed by atoms with Gasteiger partial charge in [0.1, 0.15) is 5.75 Å². The van der Waals surface area contributed by atoms with Crippen molar-refractivity contribution in [3.63, 3.8) is 0 Å². The van der Waals surface area contributed by atoms with E-state index in [0.717, 1.165) is 28.7 Å². The molecule has 0 aliphatic heterocycles. The zero-order valence-electron chi connectivity index (χ0n) is 13.9. The van der Waals surface area contributed by atoms with Gasteiger partial charge in [-0.15, -0.1) is 0 Å². The highest BCUT2D eigenvalue weighted by Gasteiger charge is 2.13. The summed E-state index contributed by atoms with van der Waals surface area (Å²) in [5, 5.41) is 1.05. The number of halogens is 2. The Morgan fingerprint density at radius 2 is 1.54 bits per heavy atom. The van der Waals surface area contributed by atoms with Crippen LogP contribution >= 0.6 is 0 Å². The molecule has 24 heavy (non-hydrogen) atoms. The standard InChI is InChI=1S/C21H20F2O/c1-3-5-17-12-16-7-6-15(13-19(16)21(23)20(17)22)14-8-10-18(11-9-14)24-4-2/h6-13H,3-5H2,1-2H3. The third-order valence-corrected chi connectivity index (χ3v) is 4.11. The molecule has 0 spiro atoms. The molecule has 3 aromatic carbocycles. The Kier molecular flexibility index (Phi) is 4.79. The van der Waals surface area contributed by atoms with Gasteiger partial charge in [-0.3, -0.25) is 0 Å². The van der Waals surface area contributed by atoms with E-state index in [4.69, 9.17) is 4.74 Å². The van der Waals surface area contributed by atoms with Gasteiger partial charge < -0.3 is 4.74 Å². The third-order valence-electron chi connectivity index (χ3n) is 4.11. The largest absolute Gasteiger partial charge is 0.494 e.